The molecule has 0 spiro atoms. The zero-order valence-electron chi connectivity index (χ0n) is 15.0. The number of benzene rings is 2. The van der Waals surface area contributed by atoms with Gasteiger partial charge in [-0.3, -0.25) is 14.2 Å². The van der Waals surface area contributed by atoms with E-state index in [1.807, 2.05) is 63.2 Å². The van der Waals surface area contributed by atoms with Crippen molar-refractivity contribution in [2.24, 2.45) is 0 Å². The van der Waals surface area contributed by atoms with E-state index in [-0.39, 0.29) is 16.7 Å². The van der Waals surface area contributed by atoms with E-state index < -0.39 is 0 Å². The molecule has 3 aromatic rings. The van der Waals surface area contributed by atoms with Crippen LogP contribution >= 0.6 is 11.8 Å². The minimum Gasteiger partial charge on any atom is -0.355 e. The third-order valence-corrected chi connectivity index (χ3v) is 5.16. The van der Waals surface area contributed by atoms with Gasteiger partial charge in [0.2, 0.25) is 5.91 Å². The topological polar surface area (TPSA) is 64.0 Å². The number of rotatable bonds is 5. The summed E-state index contributed by atoms with van der Waals surface area (Å²) < 4.78 is 1.61. The standard InChI is InChI=1S/C20H21N3O2S/c1-4-21-18(24)14(3)26-20-22-16-11-7-6-10-15(16)19(25)23(20)17-12-8-5-9-13(17)2/h5-12,14H,4H2,1-3H3,(H,21,24)/t14-/m1/s1. The molecule has 0 aliphatic carbocycles. The van der Waals surface area contributed by atoms with Crippen LogP contribution in [0.2, 0.25) is 0 Å². The van der Waals surface area contributed by atoms with Crippen LogP contribution in [0.4, 0.5) is 0 Å². The number of fused-ring (bicyclic) bond motifs is 1. The first-order valence-electron chi connectivity index (χ1n) is 8.55. The van der Waals surface area contributed by atoms with Gasteiger partial charge in [0.1, 0.15) is 0 Å². The first-order chi connectivity index (χ1) is 12.5. The summed E-state index contributed by atoms with van der Waals surface area (Å²) in [6.45, 7) is 6.23. The summed E-state index contributed by atoms with van der Waals surface area (Å²) in [6, 6.07) is 15.0. The number of aromatic nitrogens is 2. The molecular formula is C20H21N3O2S. The van der Waals surface area contributed by atoms with Gasteiger partial charge in [-0.25, -0.2) is 4.98 Å². The fourth-order valence-electron chi connectivity index (χ4n) is 2.75. The first-order valence-corrected chi connectivity index (χ1v) is 9.43. The maximum atomic E-state index is 13.2. The van der Waals surface area contributed by atoms with Gasteiger partial charge in [0.05, 0.1) is 21.8 Å². The van der Waals surface area contributed by atoms with E-state index in [1.165, 1.54) is 11.8 Å². The second-order valence-electron chi connectivity index (χ2n) is 5.99. The van der Waals surface area contributed by atoms with Crippen LogP contribution in [0.3, 0.4) is 0 Å². The molecule has 0 bridgehead atoms. The van der Waals surface area contributed by atoms with Gasteiger partial charge in [-0.2, -0.15) is 0 Å². The Balaban J connectivity index is 2.20. The second kappa shape index (κ2) is 7.74. The lowest BCUT2D eigenvalue weighted by Crippen LogP contribution is -2.31. The van der Waals surface area contributed by atoms with E-state index in [1.54, 1.807) is 10.6 Å². The van der Waals surface area contributed by atoms with Crippen molar-refractivity contribution in [1.82, 2.24) is 14.9 Å². The van der Waals surface area contributed by atoms with Crippen molar-refractivity contribution in [3.8, 4) is 5.69 Å². The predicted molar refractivity (Wildman–Crippen MR) is 106 cm³/mol. The van der Waals surface area contributed by atoms with Crippen LogP contribution in [0.25, 0.3) is 16.6 Å². The van der Waals surface area contributed by atoms with Crippen molar-refractivity contribution >= 4 is 28.6 Å². The number of aryl methyl sites for hydroxylation is 1. The van der Waals surface area contributed by atoms with Crippen molar-refractivity contribution in [3.05, 3.63) is 64.4 Å². The van der Waals surface area contributed by atoms with Crippen LogP contribution < -0.4 is 10.9 Å². The number of para-hydroxylation sites is 2. The summed E-state index contributed by atoms with van der Waals surface area (Å²) in [4.78, 5) is 30.0. The van der Waals surface area contributed by atoms with Crippen LogP contribution in [0.15, 0.2) is 58.5 Å². The van der Waals surface area contributed by atoms with Gasteiger partial charge >= 0.3 is 0 Å². The molecule has 134 valence electrons. The molecule has 2 aromatic carbocycles. The van der Waals surface area contributed by atoms with Crippen LogP contribution in [0.1, 0.15) is 19.4 Å². The largest absolute Gasteiger partial charge is 0.355 e. The van der Waals surface area contributed by atoms with Gasteiger partial charge in [-0.15, -0.1) is 0 Å². The maximum Gasteiger partial charge on any atom is 0.266 e. The summed E-state index contributed by atoms with van der Waals surface area (Å²) in [7, 11) is 0. The normalized spacial score (nSPS) is 12.1. The Morgan fingerprint density at radius 2 is 1.88 bits per heavy atom. The van der Waals surface area contributed by atoms with Gasteiger partial charge < -0.3 is 5.32 Å². The van der Waals surface area contributed by atoms with Crippen LogP contribution in [-0.2, 0) is 4.79 Å². The lowest BCUT2D eigenvalue weighted by Gasteiger charge is -2.17. The number of thioether (sulfide) groups is 1. The van der Waals surface area contributed by atoms with Crippen molar-refractivity contribution < 1.29 is 4.79 Å². The molecule has 3 rings (SSSR count). The molecule has 1 amide bonds. The highest BCUT2D eigenvalue weighted by atomic mass is 32.2. The zero-order chi connectivity index (χ0) is 18.7. The lowest BCUT2D eigenvalue weighted by molar-refractivity contribution is -0.120. The molecule has 1 heterocycles. The molecule has 0 saturated carbocycles. The number of nitrogens with zero attached hydrogens (tertiary/aromatic N) is 2. The number of amides is 1. The minimum absolute atomic E-state index is 0.0729. The molecule has 26 heavy (non-hydrogen) atoms. The fourth-order valence-corrected chi connectivity index (χ4v) is 3.69. The number of nitrogens with one attached hydrogen (secondary N) is 1. The summed E-state index contributed by atoms with van der Waals surface area (Å²) in [5, 5.41) is 3.53. The molecule has 1 N–H and O–H groups in total. The van der Waals surface area contributed by atoms with Gasteiger partial charge in [0, 0.05) is 6.54 Å². The Bertz CT molecular complexity index is 1010. The molecule has 0 aliphatic heterocycles. The first kappa shape index (κ1) is 18.2. The predicted octanol–water partition coefficient (Wildman–Crippen LogP) is 3.31. The maximum absolute atomic E-state index is 13.2. The molecule has 0 fully saturated rings. The average molecular weight is 367 g/mol. The van der Waals surface area contributed by atoms with E-state index in [0.717, 1.165) is 11.3 Å². The summed E-state index contributed by atoms with van der Waals surface area (Å²) in [6.07, 6.45) is 0. The van der Waals surface area contributed by atoms with E-state index in [9.17, 15) is 9.59 Å². The van der Waals surface area contributed by atoms with Crippen molar-refractivity contribution in [2.45, 2.75) is 31.2 Å². The van der Waals surface area contributed by atoms with Gasteiger partial charge in [-0.1, -0.05) is 42.1 Å². The Hall–Kier alpha value is -2.60. The molecule has 0 radical (unpaired) electrons. The molecule has 0 unspecified atom stereocenters. The third-order valence-electron chi connectivity index (χ3n) is 4.10. The monoisotopic (exact) mass is 367 g/mol. The van der Waals surface area contributed by atoms with E-state index >= 15 is 0 Å². The summed E-state index contributed by atoms with van der Waals surface area (Å²) in [5.74, 6) is -0.0729. The Labute approximate surface area is 156 Å². The average Bonchev–Trinajstić information content (AvgIpc) is 2.63. The second-order valence-corrected chi connectivity index (χ2v) is 7.30. The number of hydrogen-bond acceptors (Lipinski definition) is 4. The smallest absolute Gasteiger partial charge is 0.266 e. The van der Waals surface area contributed by atoms with Crippen molar-refractivity contribution in [1.29, 1.82) is 0 Å². The molecule has 1 atom stereocenters. The lowest BCUT2D eigenvalue weighted by atomic mass is 10.2. The summed E-state index contributed by atoms with van der Waals surface area (Å²) >= 11 is 1.29. The number of hydrogen-bond donors (Lipinski definition) is 1. The van der Waals surface area contributed by atoms with Gasteiger partial charge in [0.25, 0.3) is 5.56 Å². The van der Waals surface area contributed by atoms with Crippen LogP contribution in [0.5, 0.6) is 0 Å². The Kier molecular flexibility index (Phi) is 5.42. The zero-order valence-corrected chi connectivity index (χ0v) is 15.8. The number of carbonyl (C=O) groups is 1. The van der Waals surface area contributed by atoms with Gasteiger partial charge in [-0.05, 0) is 44.5 Å². The highest BCUT2D eigenvalue weighted by molar-refractivity contribution is 8.00. The molecule has 0 saturated heterocycles. The van der Waals surface area contributed by atoms with E-state index in [2.05, 4.69) is 10.3 Å². The molecule has 0 aliphatic rings. The SMILES string of the molecule is CCNC(=O)[C@@H](C)Sc1nc2ccccc2c(=O)n1-c1ccccc1C. The molecule has 6 heteroatoms. The highest BCUT2D eigenvalue weighted by Gasteiger charge is 2.20. The van der Waals surface area contributed by atoms with E-state index in [0.29, 0.717) is 22.6 Å². The third kappa shape index (κ3) is 3.51. The minimum atomic E-state index is -0.363. The molecule has 1 aromatic heterocycles. The van der Waals surface area contributed by atoms with Crippen LogP contribution in [0, 0.1) is 6.92 Å². The quantitative estimate of drug-likeness (QED) is 0.555. The van der Waals surface area contributed by atoms with E-state index in [4.69, 9.17) is 0 Å². The fraction of sp³-hybridized carbons (Fsp3) is 0.250. The Morgan fingerprint density at radius 1 is 1.19 bits per heavy atom. The Morgan fingerprint density at radius 3 is 2.62 bits per heavy atom. The number of carbonyl (C=O) groups excluding carboxylic acids is 1. The van der Waals surface area contributed by atoms with Crippen molar-refractivity contribution in [2.75, 3.05) is 6.54 Å². The van der Waals surface area contributed by atoms with Crippen molar-refractivity contribution in [3.63, 3.8) is 0 Å². The van der Waals surface area contributed by atoms with Gasteiger partial charge in [0.15, 0.2) is 5.16 Å². The molecular weight excluding hydrogens is 346 g/mol. The van der Waals surface area contributed by atoms with Crippen LogP contribution in [-0.4, -0.2) is 27.3 Å². The summed E-state index contributed by atoms with van der Waals surface area (Å²) in [5.41, 5.74) is 2.25. The highest BCUT2D eigenvalue weighted by Crippen LogP contribution is 2.26. The molecule has 5 nitrogen and oxygen atoms in total.